The van der Waals surface area contributed by atoms with Crippen molar-refractivity contribution < 1.29 is 19.8 Å². The quantitative estimate of drug-likeness (QED) is 0.103. The normalized spacial score (nSPS) is 15.9. The molecule has 4 aromatic rings. The number of primary amides is 1. The van der Waals surface area contributed by atoms with Crippen molar-refractivity contribution in [2.24, 2.45) is 11.7 Å². The number of rotatable bonds is 16. The molecular weight excluding hydrogens is 594 g/mol. The van der Waals surface area contributed by atoms with Gasteiger partial charge in [-0.3, -0.25) is 14.4 Å². The van der Waals surface area contributed by atoms with E-state index in [0.717, 1.165) is 43.4 Å². The minimum absolute atomic E-state index is 0.00598. The fraction of sp³-hybridized carbons (Fsp3) is 0.378. The molecule has 0 radical (unpaired) electrons. The number of hydrogen-bond donors (Lipinski definition) is 6. The first kappa shape index (κ1) is 33.8. The van der Waals surface area contributed by atoms with Gasteiger partial charge in [0.2, 0.25) is 17.4 Å². The molecule has 0 aliphatic carbocycles. The van der Waals surface area contributed by atoms with Gasteiger partial charge in [-0.2, -0.15) is 0 Å². The van der Waals surface area contributed by atoms with Gasteiger partial charge >= 0.3 is 0 Å². The molecule has 0 spiro atoms. The van der Waals surface area contributed by atoms with Crippen molar-refractivity contribution >= 4 is 22.7 Å². The highest BCUT2D eigenvalue weighted by atomic mass is 16.3. The molecule has 47 heavy (non-hydrogen) atoms. The molecule has 10 nitrogen and oxygen atoms in total. The number of aliphatic hydroxyl groups excluding tert-OH is 1. The number of fused-ring (bicyclic) bond motifs is 1. The van der Waals surface area contributed by atoms with Gasteiger partial charge < -0.3 is 36.5 Å². The summed E-state index contributed by atoms with van der Waals surface area (Å²) >= 11 is 0. The molecule has 1 fully saturated rings. The van der Waals surface area contributed by atoms with E-state index in [1.54, 1.807) is 12.1 Å². The molecule has 5 rings (SSSR count). The van der Waals surface area contributed by atoms with Crippen molar-refractivity contribution in [3.8, 4) is 5.75 Å². The molecule has 1 aliphatic heterocycles. The number of hydrogen-bond acceptors (Lipinski definition) is 7. The highest BCUT2D eigenvalue weighted by Gasteiger charge is 2.49. The lowest BCUT2D eigenvalue weighted by molar-refractivity contribution is -0.124. The molecule has 2 amide bonds. The monoisotopic (exact) mass is 639 g/mol. The van der Waals surface area contributed by atoms with Crippen molar-refractivity contribution in [1.82, 2.24) is 20.5 Å². The minimum Gasteiger partial charge on any atom is -0.506 e. The third-order valence-corrected chi connectivity index (χ3v) is 9.34. The summed E-state index contributed by atoms with van der Waals surface area (Å²) in [7, 11) is 0. The van der Waals surface area contributed by atoms with Crippen LogP contribution in [0.4, 0.5) is 0 Å². The van der Waals surface area contributed by atoms with Crippen LogP contribution in [0.3, 0.4) is 0 Å². The molecule has 0 saturated carbocycles. The van der Waals surface area contributed by atoms with Crippen LogP contribution < -0.4 is 21.9 Å². The lowest BCUT2D eigenvalue weighted by Crippen LogP contribution is -2.49. The van der Waals surface area contributed by atoms with E-state index in [0.29, 0.717) is 55.6 Å². The molecule has 2 atom stereocenters. The third-order valence-electron chi connectivity index (χ3n) is 9.34. The number of aromatic hydroxyl groups is 1. The number of benzene rings is 3. The summed E-state index contributed by atoms with van der Waals surface area (Å²) < 4.78 is 0. The van der Waals surface area contributed by atoms with Gasteiger partial charge in [-0.05, 0) is 67.1 Å². The van der Waals surface area contributed by atoms with Crippen LogP contribution in [0.2, 0.25) is 0 Å². The number of aromatic amines is 1. The second-order valence-corrected chi connectivity index (χ2v) is 12.4. The number of pyridine rings is 1. The summed E-state index contributed by atoms with van der Waals surface area (Å²) in [5, 5.41) is 27.6. The molecule has 0 bridgehead atoms. The predicted octanol–water partition coefficient (Wildman–Crippen LogP) is 3.33. The van der Waals surface area contributed by atoms with Crippen molar-refractivity contribution in [3.05, 3.63) is 112 Å². The van der Waals surface area contributed by atoms with E-state index in [9.17, 15) is 24.6 Å². The number of carbonyl (C=O) groups excluding carboxylic acids is 2. The number of phenols is 1. The first-order valence-corrected chi connectivity index (χ1v) is 16.4. The number of amides is 2. The summed E-state index contributed by atoms with van der Waals surface area (Å²) in [6.07, 6.45) is 3.09. The number of nitrogens with zero attached hydrogens (tertiary/aromatic N) is 1. The Morgan fingerprint density at radius 2 is 1.62 bits per heavy atom. The summed E-state index contributed by atoms with van der Waals surface area (Å²) in [5.41, 5.74) is 7.70. The lowest BCUT2D eigenvalue weighted by atomic mass is 9.64. The number of phenolic OH excluding ortho intramolecular Hbond substituents is 1. The first-order chi connectivity index (χ1) is 22.8. The van der Waals surface area contributed by atoms with Crippen LogP contribution in [-0.4, -0.2) is 71.2 Å². The van der Waals surface area contributed by atoms with Crippen LogP contribution >= 0.6 is 0 Å². The van der Waals surface area contributed by atoms with Gasteiger partial charge in [0, 0.05) is 44.1 Å². The second kappa shape index (κ2) is 15.9. The fourth-order valence-corrected chi connectivity index (χ4v) is 6.94. The van der Waals surface area contributed by atoms with Crippen molar-refractivity contribution in [1.29, 1.82) is 0 Å². The Kier molecular flexibility index (Phi) is 11.4. The maximum Gasteiger partial charge on any atom is 0.248 e. The summed E-state index contributed by atoms with van der Waals surface area (Å²) in [6, 6.07) is 25.7. The number of carbonyl (C=O) groups is 2. The Bertz CT molecular complexity index is 1650. The molecule has 2 heterocycles. The Balaban J connectivity index is 1.01. The van der Waals surface area contributed by atoms with E-state index in [4.69, 9.17) is 5.73 Å². The Morgan fingerprint density at radius 1 is 0.936 bits per heavy atom. The Morgan fingerprint density at radius 3 is 2.30 bits per heavy atom. The SMILES string of the molecule is NC(=O)C(c1ccccc1)(c1ccccc1)[C@@H]1CCN(CCC(=O)NCCCCCNC[C@H](O)c2ccc(O)c3[nH]c(=O)ccc23)C1. The van der Waals surface area contributed by atoms with Gasteiger partial charge in [-0.1, -0.05) is 73.2 Å². The van der Waals surface area contributed by atoms with Gasteiger partial charge in [0.15, 0.2) is 0 Å². The molecule has 1 aromatic heterocycles. The van der Waals surface area contributed by atoms with E-state index in [1.807, 2.05) is 60.7 Å². The zero-order valence-electron chi connectivity index (χ0n) is 26.7. The zero-order valence-corrected chi connectivity index (χ0v) is 26.7. The van der Waals surface area contributed by atoms with Gasteiger partial charge in [0.1, 0.15) is 11.2 Å². The number of unbranched alkanes of at least 4 members (excludes halogenated alkanes) is 2. The van der Waals surface area contributed by atoms with E-state index in [-0.39, 0.29) is 29.0 Å². The largest absolute Gasteiger partial charge is 0.506 e. The summed E-state index contributed by atoms with van der Waals surface area (Å²) in [4.78, 5) is 42.4. The lowest BCUT2D eigenvalue weighted by Gasteiger charge is -2.37. The van der Waals surface area contributed by atoms with Crippen LogP contribution in [0.25, 0.3) is 10.9 Å². The minimum atomic E-state index is -0.937. The maximum atomic E-state index is 13.3. The number of aromatic nitrogens is 1. The molecule has 3 aromatic carbocycles. The first-order valence-electron chi connectivity index (χ1n) is 16.4. The average Bonchev–Trinajstić information content (AvgIpc) is 3.55. The van der Waals surface area contributed by atoms with Crippen LogP contribution in [-0.2, 0) is 15.0 Å². The number of likely N-dealkylation sites (tertiary alicyclic amines) is 1. The summed E-state index contributed by atoms with van der Waals surface area (Å²) in [6.45, 7) is 3.77. The van der Waals surface area contributed by atoms with E-state index in [2.05, 4.69) is 20.5 Å². The van der Waals surface area contributed by atoms with Crippen molar-refractivity contribution in [2.45, 2.75) is 43.6 Å². The van der Waals surface area contributed by atoms with Gasteiger partial charge in [-0.15, -0.1) is 0 Å². The van der Waals surface area contributed by atoms with Crippen LogP contribution in [0.15, 0.2) is 89.7 Å². The van der Waals surface area contributed by atoms with E-state index < -0.39 is 11.5 Å². The van der Waals surface area contributed by atoms with Crippen LogP contribution in [0, 0.1) is 5.92 Å². The average molecular weight is 640 g/mol. The zero-order chi connectivity index (χ0) is 33.2. The van der Waals surface area contributed by atoms with Gasteiger partial charge in [0.25, 0.3) is 0 Å². The van der Waals surface area contributed by atoms with Gasteiger partial charge in [0.05, 0.1) is 11.6 Å². The standard InChI is InChI=1S/C37H45N5O5/c38-36(47)37(26-10-4-1-5-11-26,27-12-6-2-7-13-27)28-18-22-42(25-28)23-19-33(45)40-21-9-3-8-20-39-24-32(44)29-14-16-31(43)35-30(29)15-17-34(46)41-35/h1-2,4-7,10-17,28,32,39,43-44H,3,8-9,18-25H2,(H2,38,47)(H,40,45)(H,41,46)/t28-,32+/m1/s1. The number of nitrogens with two attached hydrogens (primary N) is 1. The van der Waals surface area contributed by atoms with Gasteiger partial charge in [-0.25, -0.2) is 0 Å². The van der Waals surface area contributed by atoms with Crippen LogP contribution in [0.5, 0.6) is 5.75 Å². The van der Waals surface area contributed by atoms with Crippen molar-refractivity contribution in [2.75, 3.05) is 39.3 Å². The number of H-pyrrole nitrogens is 1. The van der Waals surface area contributed by atoms with Crippen molar-refractivity contribution in [3.63, 3.8) is 0 Å². The second-order valence-electron chi connectivity index (χ2n) is 12.4. The predicted molar refractivity (Wildman–Crippen MR) is 183 cm³/mol. The molecule has 248 valence electrons. The molecule has 1 saturated heterocycles. The smallest absolute Gasteiger partial charge is 0.248 e. The van der Waals surface area contributed by atoms with E-state index >= 15 is 0 Å². The Hall–Kier alpha value is -4.51. The number of aliphatic hydroxyl groups is 1. The summed E-state index contributed by atoms with van der Waals surface area (Å²) in [5.74, 6) is -0.374. The molecule has 0 unspecified atom stereocenters. The highest BCUT2D eigenvalue weighted by molar-refractivity contribution is 5.91. The third kappa shape index (κ3) is 7.90. The molecule has 1 aliphatic rings. The molecule has 7 N–H and O–H groups in total. The van der Waals surface area contributed by atoms with E-state index in [1.165, 1.54) is 12.1 Å². The van der Waals surface area contributed by atoms with Crippen LogP contribution in [0.1, 0.15) is 54.9 Å². The topological polar surface area (TPSA) is 161 Å². The maximum absolute atomic E-state index is 13.3. The Labute approximate surface area is 275 Å². The number of nitrogens with one attached hydrogen (secondary N) is 3. The molecule has 10 heteroatoms. The highest BCUT2D eigenvalue weighted by Crippen LogP contribution is 2.43. The fourth-order valence-electron chi connectivity index (χ4n) is 6.94. The molecular formula is C37H45N5O5.